The second-order valence-electron chi connectivity index (χ2n) is 4.11. The molecule has 0 spiro atoms. The number of pyridine rings is 1. The predicted molar refractivity (Wildman–Crippen MR) is 72.1 cm³/mol. The van der Waals surface area contributed by atoms with Gasteiger partial charge in [-0.3, -0.25) is 4.79 Å². The van der Waals surface area contributed by atoms with Crippen molar-refractivity contribution in [1.29, 1.82) is 0 Å². The molecule has 0 bridgehead atoms. The molecule has 2 N–H and O–H groups in total. The van der Waals surface area contributed by atoms with Gasteiger partial charge in [-0.25, -0.2) is 4.98 Å². The molecule has 0 saturated carbocycles. The number of carbonyl (C=O) groups excluding carboxylic acids is 1. The second kappa shape index (κ2) is 6.36. The number of hydrogen-bond donors (Lipinski definition) is 2. The van der Waals surface area contributed by atoms with Gasteiger partial charge in [0.25, 0.3) is 5.91 Å². The molecule has 4 nitrogen and oxygen atoms in total. The second-order valence-corrected chi connectivity index (χ2v) is 4.88. The maximum atomic E-state index is 11.8. The Hall–Kier alpha value is -0.840. The van der Waals surface area contributed by atoms with E-state index in [0.29, 0.717) is 18.4 Å². The molecule has 0 aliphatic rings. The first-order valence-electron chi connectivity index (χ1n) is 5.73. The van der Waals surface area contributed by atoms with E-state index in [1.807, 2.05) is 13.8 Å². The molecule has 0 fully saturated rings. The Morgan fingerprint density at radius 1 is 1.44 bits per heavy atom. The van der Waals surface area contributed by atoms with Crippen molar-refractivity contribution in [2.75, 3.05) is 6.54 Å². The molecule has 6 heteroatoms. The molecule has 1 rings (SSSR count). The third-order valence-corrected chi connectivity index (χ3v) is 3.64. The average molecular weight is 291 g/mol. The average Bonchev–Trinajstić information content (AvgIpc) is 2.38. The van der Waals surface area contributed by atoms with E-state index in [1.54, 1.807) is 0 Å². The summed E-state index contributed by atoms with van der Waals surface area (Å²) in [4.78, 5) is 15.6. The summed E-state index contributed by atoms with van der Waals surface area (Å²) in [6.07, 6.45) is 2.49. The van der Waals surface area contributed by atoms with Crippen molar-refractivity contribution in [3.8, 4) is 0 Å². The van der Waals surface area contributed by atoms with E-state index < -0.39 is 5.60 Å². The van der Waals surface area contributed by atoms with Gasteiger partial charge < -0.3 is 10.4 Å². The number of halogens is 2. The van der Waals surface area contributed by atoms with Gasteiger partial charge in [0, 0.05) is 12.7 Å². The van der Waals surface area contributed by atoms with Crippen LogP contribution in [0.15, 0.2) is 12.3 Å². The maximum absolute atomic E-state index is 11.8. The van der Waals surface area contributed by atoms with Gasteiger partial charge in [0.15, 0.2) is 0 Å². The minimum absolute atomic E-state index is 0.159. The molecule has 18 heavy (non-hydrogen) atoms. The van der Waals surface area contributed by atoms with Gasteiger partial charge in [0.2, 0.25) is 0 Å². The summed E-state index contributed by atoms with van der Waals surface area (Å²) in [5.41, 5.74) is -0.557. The van der Waals surface area contributed by atoms with Gasteiger partial charge in [-0.1, -0.05) is 37.0 Å². The quantitative estimate of drug-likeness (QED) is 0.820. The van der Waals surface area contributed by atoms with Gasteiger partial charge in [-0.05, 0) is 18.9 Å². The Labute approximate surface area is 116 Å². The van der Waals surface area contributed by atoms with Crippen molar-refractivity contribution in [2.24, 2.45) is 0 Å². The largest absolute Gasteiger partial charge is 0.388 e. The summed E-state index contributed by atoms with van der Waals surface area (Å²) in [5, 5.41) is 13.1. The lowest BCUT2D eigenvalue weighted by Crippen LogP contribution is -2.42. The highest BCUT2D eigenvalue weighted by Gasteiger charge is 2.23. The van der Waals surface area contributed by atoms with E-state index >= 15 is 0 Å². The lowest BCUT2D eigenvalue weighted by Gasteiger charge is -2.25. The summed E-state index contributed by atoms with van der Waals surface area (Å²) >= 11 is 11.4. The molecule has 1 heterocycles. The van der Waals surface area contributed by atoms with E-state index in [2.05, 4.69) is 10.3 Å². The SMILES string of the molecule is CCC(O)(CC)CNC(=O)c1cnc(Cl)c(Cl)c1. The van der Waals surface area contributed by atoms with E-state index in [4.69, 9.17) is 23.2 Å². The normalized spacial score (nSPS) is 11.4. The van der Waals surface area contributed by atoms with Crippen molar-refractivity contribution in [2.45, 2.75) is 32.3 Å². The molecule has 0 radical (unpaired) electrons. The third kappa shape index (κ3) is 3.83. The highest BCUT2D eigenvalue weighted by Crippen LogP contribution is 2.20. The molecule has 0 aromatic carbocycles. The Kier molecular flexibility index (Phi) is 5.38. The van der Waals surface area contributed by atoms with Crippen molar-refractivity contribution >= 4 is 29.1 Å². The van der Waals surface area contributed by atoms with Crippen LogP contribution in [-0.4, -0.2) is 28.1 Å². The number of rotatable bonds is 5. The summed E-state index contributed by atoms with van der Waals surface area (Å²) in [7, 11) is 0. The van der Waals surface area contributed by atoms with Gasteiger partial charge in [0.1, 0.15) is 5.15 Å². The van der Waals surface area contributed by atoms with E-state index in [1.165, 1.54) is 12.3 Å². The van der Waals surface area contributed by atoms with Crippen molar-refractivity contribution in [3.05, 3.63) is 28.0 Å². The molecule has 0 atom stereocenters. The molecule has 1 amide bonds. The first-order chi connectivity index (χ1) is 8.41. The fourth-order valence-electron chi connectivity index (χ4n) is 1.39. The summed E-state index contributed by atoms with van der Waals surface area (Å²) in [5.74, 6) is -0.332. The van der Waals surface area contributed by atoms with Crippen LogP contribution in [-0.2, 0) is 0 Å². The zero-order valence-electron chi connectivity index (χ0n) is 10.3. The fourth-order valence-corrected chi connectivity index (χ4v) is 1.66. The summed E-state index contributed by atoms with van der Waals surface area (Å²) in [6.45, 7) is 3.94. The van der Waals surface area contributed by atoms with E-state index in [0.717, 1.165) is 0 Å². The van der Waals surface area contributed by atoms with Crippen LogP contribution in [0.2, 0.25) is 10.2 Å². The molecular weight excluding hydrogens is 275 g/mol. The number of carbonyl (C=O) groups is 1. The van der Waals surface area contributed by atoms with E-state index in [-0.39, 0.29) is 22.6 Å². The van der Waals surface area contributed by atoms with Crippen LogP contribution < -0.4 is 5.32 Å². The molecule has 1 aromatic heterocycles. The first kappa shape index (κ1) is 15.2. The first-order valence-corrected chi connectivity index (χ1v) is 6.49. The van der Waals surface area contributed by atoms with Gasteiger partial charge in [-0.2, -0.15) is 0 Å². The number of aliphatic hydroxyl groups is 1. The van der Waals surface area contributed by atoms with Gasteiger partial charge in [0.05, 0.1) is 16.2 Å². The monoisotopic (exact) mass is 290 g/mol. The molecule has 0 unspecified atom stereocenters. The standard InChI is InChI=1S/C12H16Cl2N2O2/c1-3-12(18,4-2)7-16-11(17)8-5-9(13)10(14)15-6-8/h5-6,18H,3-4,7H2,1-2H3,(H,16,17). The third-order valence-electron chi connectivity index (χ3n) is 2.95. The summed E-state index contributed by atoms with van der Waals surface area (Å²) in [6, 6.07) is 1.45. The van der Waals surface area contributed by atoms with Crippen LogP contribution in [0.25, 0.3) is 0 Å². The summed E-state index contributed by atoms with van der Waals surface area (Å²) < 4.78 is 0. The number of nitrogens with one attached hydrogen (secondary N) is 1. The van der Waals surface area contributed by atoms with Gasteiger partial charge in [-0.15, -0.1) is 0 Å². The highest BCUT2D eigenvalue weighted by atomic mass is 35.5. The Morgan fingerprint density at radius 2 is 2.06 bits per heavy atom. The zero-order valence-corrected chi connectivity index (χ0v) is 11.8. The lowest BCUT2D eigenvalue weighted by molar-refractivity contribution is 0.0314. The van der Waals surface area contributed by atoms with Crippen LogP contribution >= 0.6 is 23.2 Å². The molecule has 0 aliphatic carbocycles. The maximum Gasteiger partial charge on any atom is 0.253 e. The molecule has 0 saturated heterocycles. The number of nitrogens with zero attached hydrogens (tertiary/aromatic N) is 1. The van der Waals surface area contributed by atoms with Gasteiger partial charge >= 0.3 is 0 Å². The Bertz CT molecular complexity index is 434. The zero-order chi connectivity index (χ0) is 13.8. The van der Waals surface area contributed by atoms with E-state index in [9.17, 15) is 9.90 Å². The molecule has 100 valence electrons. The highest BCUT2D eigenvalue weighted by molar-refractivity contribution is 6.41. The van der Waals surface area contributed by atoms with Crippen molar-refractivity contribution < 1.29 is 9.90 Å². The van der Waals surface area contributed by atoms with Crippen LogP contribution in [0, 0.1) is 0 Å². The fraction of sp³-hybridized carbons (Fsp3) is 0.500. The van der Waals surface area contributed by atoms with Crippen LogP contribution in [0.3, 0.4) is 0 Å². The predicted octanol–water partition coefficient (Wildman–Crippen LogP) is 2.67. The van der Waals surface area contributed by atoms with Crippen LogP contribution in [0.1, 0.15) is 37.0 Å². The van der Waals surface area contributed by atoms with Crippen molar-refractivity contribution in [1.82, 2.24) is 10.3 Å². The topological polar surface area (TPSA) is 62.2 Å². The Balaban J connectivity index is 2.68. The number of amides is 1. The lowest BCUT2D eigenvalue weighted by atomic mass is 9.97. The smallest absolute Gasteiger partial charge is 0.253 e. The van der Waals surface area contributed by atoms with Crippen LogP contribution in [0.5, 0.6) is 0 Å². The van der Waals surface area contributed by atoms with Crippen LogP contribution in [0.4, 0.5) is 0 Å². The molecule has 1 aromatic rings. The number of aromatic nitrogens is 1. The van der Waals surface area contributed by atoms with Crippen molar-refractivity contribution in [3.63, 3.8) is 0 Å². The number of hydrogen-bond acceptors (Lipinski definition) is 3. The minimum atomic E-state index is -0.876. The Morgan fingerprint density at radius 3 is 2.56 bits per heavy atom. The minimum Gasteiger partial charge on any atom is -0.388 e. The molecule has 0 aliphatic heterocycles. The molecular formula is C12H16Cl2N2O2.